The Morgan fingerprint density at radius 3 is 2.80 bits per heavy atom. The van der Waals surface area contributed by atoms with Crippen LogP contribution in [0.25, 0.3) is 0 Å². The van der Waals surface area contributed by atoms with Crippen LogP contribution in [0.1, 0.15) is 17.4 Å². The van der Waals surface area contributed by atoms with Gasteiger partial charge < -0.3 is 9.88 Å². The van der Waals surface area contributed by atoms with Gasteiger partial charge in [-0.25, -0.2) is 4.98 Å². The normalized spacial score (nSPS) is 11.6. The number of hydrogen-bond donors (Lipinski definition) is 1. The van der Waals surface area contributed by atoms with Crippen LogP contribution >= 0.6 is 11.3 Å². The van der Waals surface area contributed by atoms with Crippen molar-refractivity contribution in [2.24, 2.45) is 0 Å². The third-order valence-corrected chi connectivity index (χ3v) is 3.46. The molecule has 2 rings (SSSR count). The molecule has 0 unspecified atom stereocenters. The van der Waals surface area contributed by atoms with Gasteiger partial charge in [0.25, 0.3) is 5.56 Å². The predicted octanol–water partition coefficient (Wildman–Crippen LogP) is 2.80. The zero-order valence-corrected chi connectivity index (χ0v) is 11.4. The first-order chi connectivity index (χ1) is 9.40. The number of alkyl halides is 3. The quantitative estimate of drug-likeness (QED) is 0.945. The number of rotatable bonds is 4. The van der Waals surface area contributed by atoms with Crippen molar-refractivity contribution in [3.8, 4) is 0 Å². The molecular formula is C12H12F3N3OS. The predicted molar refractivity (Wildman–Crippen MR) is 71.1 cm³/mol. The van der Waals surface area contributed by atoms with Gasteiger partial charge in [-0.3, -0.25) is 4.79 Å². The molecule has 0 saturated heterocycles. The third kappa shape index (κ3) is 3.38. The van der Waals surface area contributed by atoms with Gasteiger partial charge in [-0.05, 0) is 13.0 Å². The average Bonchev–Trinajstić information content (AvgIpc) is 2.78. The van der Waals surface area contributed by atoms with Crippen LogP contribution in [-0.4, -0.2) is 16.1 Å². The van der Waals surface area contributed by atoms with Crippen LogP contribution < -0.4 is 10.9 Å². The van der Waals surface area contributed by atoms with Crippen LogP contribution in [0, 0.1) is 0 Å². The molecule has 0 bridgehead atoms. The van der Waals surface area contributed by atoms with Crippen LogP contribution in [0.4, 0.5) is 18.3 Å². The molecule has 0 spiro atoms. The fraction of sp³-hybridized carbons (Fsp3) is 0.333. The van der Waals surface area contributed by atoms with Crippen molar-refractivity contribution in [2.75, 3.05) is 11.9 Å². The Kier molecular flexibility index (Phi) is 4.12. The molecular weight excluding hydrogens is 291 g/mol. The molecule has 0 aliphatic rings. The molecule has 2 aromatic heterocycles. The Labute approximate surface area is 116 Å². The number of nitrogens with zero attached hydrogens (tertiary/aromatic N) is 2. The summed E-state index contributed by atoms with van der Waals surface area (Å²) in [6.07, 6.45) is -2.08. The standard InChI is InChI=1S/C12H12F3N3OS/c1-2-16-11-17-5-9(20-11)7-18-6-8(12(13,14)15)3-4-10(18)19/h3-6H,2,7H2,1H3,(H,16,17). The zero-order valence-electron chi connectivity index (χ0n) is 10.6. The molecule has 0 aliphatic carbocycles. The van der Waals surface area contributed by atoms with Crippen LogP contribution in [0.5, 0.6) is 0 Å². The van der Waals surface area contributed by atoms with Crippen LogP contribution in [0.3, 0.4) is 0 Å². The van der Waals surface area contributed by atoms with E-state index in [0.717, 1.165) is 22.9 Å². The molecule has 1 N–H and O–H groups in total. The fourth-order valence-corrected chi connectivity index (χ4v) is 2.48. The summed E-state index contributed by atoms with van der Waals surface area (Å²) in [5.74, 6) is 0. The molecule has 20 heavy (non-hydrogen) atoms. The van der Waals surface area contributed by atoms with Crippen molar-refractivity contribution in [2.45, 2.75) is 19.6 Å². The summed E-state index contributed by atoms with van der Waals surface area (Å²) in [7, 11) is 0. The number of hydrogen-bond acceptors (Lipinski definition) is 4. The number of anilines is 1. The van der Waals surface area contributed by atoms with Crippen molar-refractivity contribution >= 4 is 16.5 Å². The first kappa shape index (κ1) is 14.6. The van der Waals surface area contributed by atoms with Crippen molar-refractivity contribution < 1.29 is 13.2 Å². The summed E-state index contributed by atoms with van der Waals surface area (Å²) in [6.45, 7) is 2.70. The second-order valence-electron chi connectivity index (χ2n) is 4.04. The second kappa shape index (κ2) is 5.66. The highest BCUT2D eigenvalue weighted by Crippen LogP contribution is 2.28. The minimum Gasteiger partial charge on any atom is -0.362 e. The number of pyridine rings is 1. The van der Waals surface area contributed by atoms with Crippen molar-refractivity contribution in [3.05, 3.63) is 45.3 Å². The van der Waals surface area contributed by atoms with Gasteiger partial charge in [0, 0.05) is 29.9 Å². The lowest BCUT2D eigenvalue weighted by atomic mass is 10.3. The lowest BCUT2D eigenvalue weighted by Crippen LogP contribution is -2.21. The highest BCUT2D eigenvalue weighted by Gasteiger charge is 2.31. The van der Waals surface area contributed by atoms with Gasteiger partial charge in [-0.2, -0.15) is 13.2 Å². The summed E-state index contributed by atoms with van der Waals surface area (Å²) in [5.41, 5.74) is -1.31. The second-order valence-corrected chi connectivity index (χ2v) is 5.16. The van der Waals surface area contributed by atoms with Crippen molar-refractivity contribution in [1.29, 1.82) is 0 Å². The van der Waals surface area contributed by atoms with E-state index in [9.17, 15) is 18.0 Å². The Balaban J connectivity index is 2.25. The molecule has 0 aromatic carbocycles. The number of thiazole rings is 1. The smallest absolute Gasteiger partial charge is 0.362 e. The largest absolute Gasteiger partial charge is 0.417 e. The van der Waals surface area contributed by atoms with Gasteiger partial charge in [-0.1, -0.05) is 0 Å². The first-order valence-corrected chi connectivity index (χ1v) is 6.68. The Bertz CT molecular complexity index is 648. The number of nitrogens with one attached hydrogen (secondary N) is 1. The van der Waals surface area contributed by atoms with E-state index in [-0.39, 0.29) is 6.54 Å². The van der Waals surface area contributed by atoms with Crippen LogP contribution in [0.15, 0.2) is 29.3 Å². The van der Waals surface area contributed by atoms with E-state index < -0.39 is 17.3 Å². The topological polar surface area (TPSA) is 46.9 Å². The van der Waals surface area contributed by atoms with Gasteiger partial charge in [0.1, 0.15) is 0 Å². The van der Waals surface area contributed by atoms with E-state index in [1.807, 2.05) is 6.92 Å². The highest BCUT2D eigenvalue weighted by atomic mass is 32.1. The molecule has 4 nitrogen and oxygen atoms in total. The first-order valence-electron chi connectivity index (χ1n) is 5.86. The molecule has 0 fully saturated rings. The van der Waals surface area contributed by atoms with E-state index in [1.165, 1.54) is 11.3 Å². The van der Waals surface area contributed by atoms with Gasteiger partial charge >= 0.3 is 6.18 Å². The lowest BCUT2D eigenvalue weighted by molar-refractivity contribution is -0.138. The molecule has 0 saturated carbocycles. The van der Waals surface area contributed by atoms with E-state index >= 15 is 0 Å². The monoisotopic (exact) mass is 303 g/mol. The van der Waals surface area contributed by atoms with Gasteiger partial charge in [0.15, 0.2) is 5.13 Å². The summed E-state index contributed by atoms with van der Waals surface area (Å²) in [6, 6.07) is 1.71. The Morgan fingerprint density at radius 1 is 1.40 bits per heavy atom. The molecule has 2 heterocycles. The molecule has 0 radical (unpaired) electrons. The maximum absolute atomic E-state index is 12.6. The molecule has 2 aromatic rings. The van der Waals surface area contributed by atoms with Crippen molar-refractivity contribution in [1.82, 2.24) is 9.55 Å². The van der Waals surface area contributed by atoms with Crippen molar-refractivity contribution in [3.63, 3.8) is 0 Å². The third-order valence-electron chi connectivity index (χ3n) is 2.52. The van der Waals surface area contributed by atoms with E-state index in [2.05, 4.69) is 10.3 Å². The lowest BCUT2D eigenvalue weighted by Gasteiger charge is -2.09. The average molecular weight is 303 g/mol. The van der Waals surface area contributed by atoms with Gasteiger partial charge in [0.05, 0.1) is 12.1 Å². The van der Waals surface area contributed by atoms with Crippen LogP contribution in [0.2, 0.25) is 0 Å². The van der Waals surface area contributed by atoms with E-state index in [0.29, 0.717) is 16.6 Å². The van der Waals surface area contributed by atoms with Gasteiger partial charge in [0.2, 0.25) is 0 Å². The summed E-state index contributed by atoms with van der Waals surface area (Å²) >= 11 is 1.31. The molecule has 108 valence electrons. The summed E-state index contributed by atoms with van der Waals surface area (Å²) < 4.78 is 38.9. The maximum atomic E-state index is 12.6. The molecule has 8 heteroatoms. The van der Waals surface area contributed by atoms with Gasteiger partial charge in [-0.15, -0.1) is 11.3 Å². The molecule has 0 aliphatic heterocycles. The molecule has 0 amide bonds. The highest BCUT2D eigenvalue weighted by molar-refractivity contribution is 7.15. The maximum Gasteiger partial charge on any atom is 0.417 e. The minimum atomic E-state index is -4.46. The number of halogens is 3. The Morgan fingerprint density at radius 2 is 2.15 bits per heavy atom. The van der Waals surface area contributed by atoms with E-state index in [1.54, 1.807) is 6.20 Å². The summed E-state index contributed by atoms with van der Waals surface area (Å²) in [5, 5.41) is 3.69. The summed E-state index contributed by atoms with van der Waals surface area (Å²) in [4.78, 5) is 16.4. The zero-order chi connectivity index (χ0) is 14.8. The minimum absolute atomic E-state index is 0.0752. The SMILES string of the molecule is CCNc1ncc(Cn2cc(C(F)(F)F)ccc2=O)s1. The van der Waals surface area contributed by atoms with Crippen LogP contribution in [-0.2, 0) is 12.7 Å². The Hall–Kier alpha value is -1.83. The van der Waals surface area contributed by atoms with E-state index in [4.69, 9.17) is 0 Å². The number of aromatic nitrogens is 2. The fourth-order valence-electron chi connectivity index (χ4n) is 1.60. The molecule has 0 atom stereocenters.